The Morgan fingerprint density at radius 2 is 2.57 bits per heavy atom. The van der Waals surface area contributed by atoms with E-state index in [0.29, 0.717) is 0 Å². The molecule has 0 bridgehead atoms. The third-order valence-electron chi connectivity index (χ3n) is 0.326. The molecule has 1 N–H and O–H groups in total. The molecule has 0 aromatic heterocycles. The summed E-state index contributed by atoms with van der Waals surface area (Å²) in [5.74, 6) is -0.491. The van der Waals surface area contributed by atoms with Crippen LogP contribution in [-0.2, 0) is 9.63 Å². The number of carbonyl (C=O) groups is 1. The molecule has 0 aliphatic heterocycles. The molecule has 7 heavy (non-hydrogen) atoms. The topological polar surface area (TPSA) is 38.3 Å². The molecule has 1 unspecified atom stereocenters. The Bertz CT molecular complexity index is 83.0. The summed E-state index contributed by atoms with van der Waals surface area (Å²) in [6, 6.07) is 0. The summed E-state index contributed by atoms with van der Waals surface area (Å²) in [7, 11) is 2.01. The first-order valence-electron chi connectivity index (χ1n) is 1.60. The van der Waals surface area contributed by atoms with Crippen molar-refractivity contribution < 1.29 is 9.63 Å². The minimum atomic E-state index is -0.491. The fourth-order valence-electron chi connectivity index (χ4n) is 0.0997. The Morgan fingerprint density at radius 1 is 2.00 bits per heavy atom. The molecule has 0 heterocycles. The lowest BCUT2D eigenvalue weighted by molar-refractivity contribution is -0.140. The normalized spacial score (nSPS) is 7.57. The monoisotopic (exact) mass is 119 g/mol. The largest absolute Gasteiger partial charge is 0.364 e. The van der Waals surface area contributed by atoms with E-state index in [1.54, 1.807) is 0 Å². The van der Waals surface area contributed by atoms with E-state index in [2.05, 4.69) is 16.7 Å². The molecule has 40 valence electrons. The van der Waals surface area contributed by atoms with E-state index >= 15 is 0 Å². The van der Waals surface area contributed by atoms with Gasteiger partial charge in [-0.05, 0) is 9.39 Å². The molecule has 1 atom stereocenters. The van der Waals surface area contributed by atoms with Crippen LogP contribution in [0.3, 0.4) is 0 Å². The van der Waals surface area contributed by atoms with Crippen molar-refractivity contribution in [2.75, 3.05) is 0 Å². The molecule has 0 aliphatic carbocycles. The van der Waals surface area contributed by atoms with Gasteiger partial charge in [-0.1, -0.05) is 6.58 Å². The minimum absolute atomic E-state index is 0.491. The molecule has 0 rings (SSSR count). The SMILES string of the molecule is C=CC(=O)ONP. The van der Waals surface area contributed by atoms with Crippen molar-refractivity contribution in [3.8, 4) is 0 Å². The summed E-state index contributed by atoms with van der Waals surface area (Å²) in [5.41, 5.74) is 0. The first-order valence-corrected chi connectivity index (χ1v) is 2.18. The summed E-state index contributed by atoms with van der Waals surface area (Å²) < 4.78 is 0. The number of rotatable bonds is 2. The standard InChI is InChI=1S/C3H6NO2P/c1-2-3(5)6-4-7/h2,4H,1,7H2. The van der Waals surface area contributed by atoms with Crippen LogP contribution in [0.2, 0.25) is 0 Å². The molecule has 0 spiro atoms. The molecular formula is C3H6NO2P. The quantitative estimate of drug-likeness (QED) is 0.316. The van der Waals surface area contributed by atoms with E-state index < -0.39 is 5.97 Å². The van der Waals surface area contributed by atoms with Gasteiger partial charge >= 0.3 is 5.97 Å². The smallest absolute Gasteiger partial charge is 0.349 e. The lowest BCUT2D eigenvalue weighted by atomic mass is 10.7. The molecule has 0 amide bonds. The second-order valence-corrected chi connectivity index (χ2v) is 0.979. The van der Waals surface area contributed by atoms with Gasteiger partial charge in [-0.2, -0.15) is 0 Å². The maximum Gasteiger partial charge on any atom is 0.349 e. The van der Waals surface area contributed by atoms with Gasteiger partial charge in [-0.15, -0.1) is 5.25 Å². The molecule has 3 nitrogen and oxygen atoms in total. The van der Waals surface area contributed by atoms with Crippen molar-refractivity contribution >= 4 is 15.4 Å². The van der Waals surface area contributed by atoms with Gasteiger partial charge in [0, 0.05) is 6.08 Å². The minimum Gasteiger partial charge on any atom is -0.364 e. The van der Waals surface area contributed by atoms with Crippen LogP contribution in [-0.4, -0.2) is 5.97 Å². The average Bonchev–Trinajstić information content (AvgIpc) is 1.68. The molecular weight excluding hydrogens is 113 g/mol. The van der Waals surface area contributed by atoms with Crippen molar-refractivity contribution in [3.05, 3.63) is 12.7 Å². The van der Waals surface area contributed by atoms with E-state index in [4.69, 9.17) is 0 Å². The van der Waals surface area contributed by atoms with Crippen LogP contribution in [0.25, 0.3) is 0 Å². The highest BCUT2D eigenvalue weighted by molar-refractivity contribution is 7.13. The van der Waals surface area contributed by atoms with Gasteiger partial charge in [0.05, 0.1) is 0 Å². The fraction of sp³-hybridized carbons (Fsp3) is 0. The van der Waals surface area contributed by atoms with Crippen molar-refractivity contribution in [2.45, 2.75) is 0 Å². The number of hydrogen-bond donors (Lipinski definition) is 1. The van der Waals surface area contributed by atoms with E-state index in [1.807, 2.05) is 9.39 Å². The second kappa shape index (κ2) is 3.78. The van der Waals surface area contributed by atoms with Gasteiger partial charge < -0.3 is 4.84 Å². The van der Waals surface area contributed by atoms with Crippen LogP contribution < -0.4 is 5.25 Å². The lowest BCUT2D eigenvalue weighted by Gasteiger charge is -1.91. The molecule has 4 heteroatoms. The summed E-state index contributed by atoms with van der Waals surface area (Å²) in [4.78, 5) is 14.1. The molecule has 0 aliphatic rings. The van der Waals surface area contributed by atoms with Gasteiger partial charge in [0.2, 0.25) is 0 Å². The van der Waals surface area contributed by atoms with E-state index in [0.717, 1.165) is 6.08 Å². The van der Waals surface area contributed by atoms with E-state index in [-0.39, 0.29) is 0 Å². The van der Waals surface area contributed by atoms with Crippen molar-refractivity contribution in [2.24, 2.45) is 0 Å². The van der Waals surface area contributed by atoms with E-state index in [9.17, 15) is 4.79 Å². The molecule has 0 aromatic carbocycles. The van der Waals surface area contributed by atoms with Crippen LogP contribution >= 0.6 is 9.39 Å². The van der Waals surface area contributed by atoms with Gasteiger partial charge in [-0.25, -0.2) is 4.79 Å². The summed E-state index contributed by atoms with van der Waals surface area (Å²) in [6.07, 6.45) is 1.07. The maximum atomic E-state index is 10.00. The number of carbonyl (C=O) groups excluding carboxylic acids is 1. The highest BCUT2D eigenvalue weighted by Gasteiger charge is 1.86. The number of nitrogens with one attached hydrogen (secondary N) is 1. The molecule has 0 saturated heterocycles. The van der Waals surface area contributed by atoms with Gasteiger partial charge in [0.15, 0.2) is 0 Å². The van der Waals surface area contributed by atoms with Crippen LogP contribution in [0.5, 0.6) is 0 Å². The van der Waals surface area contributed by atoms with Crippen LogP contribution in [0, 0.1) is 0 Å². The fourth-order valence-corrected chi connectivity index (χ4v) is 0.216. The molecule has 0 fully saturated rings. The lowest BCUT2D eigenvalue weighted by Crippen LogP contribution is -2.05. The molecule has 0 saturated carbocycles. The van der Waals surface area contributed by atoms with Crippen LogP contribution in [0.15, 0.2) is 12.7 Å². The zero-order valence-corrected chi connectivity index (χ0v) is 4.83. The second-order valence-electron chi connectivity index (χ2n) is 0.743. The zero-order valence-electron chi connectivity index (χ0n) is 3.68. The Morgan fingerprint density at radius 3 is 2.71 bits per heavy atom. The predicted octanol–water partition coefficient (Wildman–Crippen LogP) is 0.0103. The predicted molar refractivity (Wildman–Crippen MR) is 29.1 cm³/mol. The summed E-state index contributed by atoms with van der Waals surface area (Å²) in [5, 5.41) is 2.11. The van der Waals surface area contributed by atoms with Crippen molar-refractivity contribution in [1.29, 1.82) is 0 Å². The Hall–Kier alpha value is -0.400. The first kappa shape index (κ1) is 6.60. The van der Waals surface area contributed by atoms with Crippen molar-refractivity contribution in [1.82, 2.24) is 5.25 Å². The summed E-state index contributed by atoms with van der Waals surface area (Å²) >= 11 is 0. The molecule has 0 radical (unpaired) electrons. The van der Waals surface area contributed by atoms with Crippen LogP contribution in [0.4, 0.5) is 0 Å². The van der Waals surface area contributed by atoms with Crippen molar-refractivity contribution in [3.63, 3.8) is 0 Å². The highest BCUT2D eigenvalue weighted by atomic mass is 31.0. The third kappa shape index (κ3) is 3.43. The summed E-state index contributed by atoms with van der Waals surface area (Å²) in [6.45, 7) is 3.16. The average molecular weight is 119 g/mol. The Balaban J connectivity index is 3.17. The maximum absolute atomic E-state index is 10.00. The number of hydrogen-bond acceptors (Lipinski definition) is 3. The Labute approximate surface area is 43.9 Å². The Kier molecular flexibility index (Phi) is 3.56. The highest BCUT2D eigenvalue weighted by Crippen LogP contribution is 1.74. The van der Waals surface area contributed by atoms with Crippen LogP contribution in [0.1, 0.15) is 0 Å². The van der Waals surface area contributed by atoms with E-state index in [1.165, 1.54) is 0 Å². The third-order valence-corrected chi connectivity index (χ3v) is 0.444. The molecule has 0 aromatic rings. The zero-order chi connectivity index (χ0) is 5.70. The van der Waals surface area contributed by atoms with Gasteiger partial charge in [-0.3, -0.25) is 0 Å². The van der Waals surface area contributed by atoms with Gasteiger partial charge in [0.1, 0.15) is 0 Å². The first-order chi connectivity index (χ1) is 3.31. The van der Waals surface area contributed by atoms with Gasteiger partial charge in [0.25, 0.3) is 0 Å².